The van der Waals surface area contributed by atoms with Gasteiger partial charge in [-0.2, -0.15) is 0 Å². The zero-order chi connectivity index (χ0) is 62.8. The fraction of sp³-hybridized carbons (Fsp3) is 0.308. The average molecular weight is 1200 g/mol. The summed E-state index contributed by atoms with van der Waals surface area (Å²) in [4.78, 5) is 108. The van der Waals surface area contributed by atoms with Crippen LogP contribution < -0.4 is 32.3 Å². The molecule has 6 aromatic carbocycles. The number of nitrogens with one attached hydrogen (secondary N) is 6. The van der Waals surface area contributed by atoms with Gasteiger partial charge in [0.25, 0.3) is 11.8 Å². The molecule has 21 heteroatoms. The molecule has 452 valence electrons. The number of rotatable bonds is 13. The molecule has 0 saturated heterocycles. The number of benzene rings is 6. The van der Waals surface area contributed by atoms with Crippen molar-refractivity contribution in [2.45, 2.75) is 116 Å². The maximum atomic E-state index is 12.9. The van der Waals surface area contributed by atoms with Gasteiger partial charge in [0.15, 0.2) is 0 Å². The van der Waals surface area contributed by atoms with Gasteiger partial charge >= 0.3 is 41.4 Å². The van der Waals surface area contributed by atoms with E-state index in [1.54, 1.807) is 86.6 Å². The average Bonchev–Trinajstić information content (AvgIpc) is 1.68. The largest absolute Gasteiger partial charge is 0.453 e. The Morgan fingerprint density at radius 3 is 1.03 bits per heavy atom. The van der Waals surface area contributed by atoms with Crippen molar-refractivity contribution in [2.75, 3.05) is 13.2 Å². The number of alkyl carbamates (subject to hydrolysis) is 1. The predicted molar refractivity (Wildman–Crippen MR) is 321 cm³/mol. The smallest absolute Gasteiger partial charge is 0.426 e. The minimum absolute atomic E-state index is 0.0680. The number of carbonyl (C=O) groups excluding carboxylic acids is 9. The van der Waals surface area contributed by atoms with Crippen LogP contribution in [-0.4, -0.2) is 95.3 Å². The van der Waals surface area contributed by atoms with E-state index in [-0.39, 0.29) is 37.9 Å². The van der Waals surface area contributed by atoms with Gasteiger partial charge in [0.2, 0.25) is 0 Å². The maximum Gasteiger partial charge on any atom is 0.426 e. The Morgan fingerprint density at radius 1 is 0.395 bits per heavy atom. The first-order valence-corrected chi connectivity index (χ1v) is 27.9. The lowest BCUT2D eigenvalue weighted by molar-refractivity contribution is -0.163. The van der Waals surface area contributed by atoms with Gasteiger partial charge in [-0.05, 0) is 130 Å². The molecule has 86 heavy (non-hydrogen) atoms. The van der Waals surface area contributed by atoms with E-state index in [0.29, 0.717) is 0 Å². The molecule has 0 radical (unpaired) electrons. The third-order valence-electron chi connectivity index (χ3n) is 12.6. The number of fused-ring (bicyclic) bond motifs is 6. The number of hydrogen-bond donors (Lipinski definition) is 6. The van der Waals surface area contributed by atoms with Gasteiger partial charge in [0.05, 0.1) is 0 Å². The molecule has 20 nitrogen and oxygen atoms in total. The lowest BCUT2D eigenvalue weighted by atomic mass is 9.98. The number of ether oxygens (including phenoxy) is 5. The van der Waals surface area contributed by atoms with Gasteiger partial charge in [-0.3, -0.25) is 30.0 Å². The van der Waals surface area contributed by atoms with Crippen LogP contribution in [0.5, 0.6) is 0 Å². The monoisotopic (exact) mass is 1190 g/mol. The molecule has 2 atom stereocenters. The van der Waals surface area contributed by atoms with Crippen molar-refractivity contribution < 1.29 is 66.8 Å². The van der Waals surface area contributed by atoms with Gasteiger partial charge in [-0.1, -0.05) is 158 Å². The summed E-state index contributed by atoms with van der Waals surface area (Å²) in [6.45, 7) is 15.2. The van der Waals surface area contributed by atoms with Crippen molar-refractivity contribution in [2.24, 2.45) is 0 Å². The Kier molecular flexibility index (Phi) is 22.7. The van der Waals surface area contributed by atoms with Gasteiger partial charge in [-0.15, -0.1) is 0 Å². The Labute approximate surface area is 504 Å². The van der Waals surface area contributed by atoms with Gasteiger partial charge in [-0.25, -0.2) is 34.8 Å². The molecule has 6 N–H and O–H groups in total. The van der Waals surface area contributed by atoms with E-state index in [4.69, 9.17) is 30.5 Å². The van der Waals surface area contributed by atoms with Crippen molar-refractivity contribution in [3.63, 3.8) is 0 Å². The summed E-state index contributed by atoms with van der Waals surface area (Å²) in [6, 6.07) is 48.0. The van der Waals surface area contributed by atoms with Crippen molar-refractivity contribution >= 4 is 64.8 Å². The third-order valence-corrected chi connectivity index (χ3v) is 12.8. The van der Waals surface area contributed by atoms with Crippen LogP contribution in [0.15, 0.2) is 158 Å². The van der Waals surface area contributed by atoms with Crippen LogP contribution >= 0.6 is 11.6 Å². The number of esters is 2. The lowest BCUT2D eigenvalue weighted by Crippen LogP contribution is -2.54. The second kappa shape index (κ2) is 29.8. The molecule has 0 saturated carbocycles. The third kappa shape index (κ3) is 20.1. The molecule has 6 aromatic rings. The van der Waals surface area contributed by atoms with Crippen molar-refractivity contribution in [1.29, 1.82) is 0 Å². The molecular formula is C65H71ClN6O14. The summed E-state index contributed by atoms with van der Waals surface area (Å²) in [5.41, 5.74) is 17.2. The number of halogens is 1. The van der Waals surface area contributed by atoms with E-state index < -0.39 is 82.1 Å². The van der Waals surface area contributed by atoms with Crippen molar-refractivity contribution in [3.8, 4) is 22.3 Å². The van der Waals surface area contributed by atoms with Crippen molar-refractivity contribution in [1.82, 2.24) is 32.3 Å². The minimum atomic E-state index is -1.17. The zero-order valence-corrected chi connectivity index (χ0v) is 50.0. The normalized spacial score (nSPS) is 12.7. The van der Waals surface area contributed by atoms with E-state index in [1.807, 2.05) is 121 Å². The van der Waals surface area contributed by atoms with E-state index in [0.717, 1.165) is 55.6 Å². The summed E-state index contributed by atoms with van der Waals surface area (Å²) >= 11 is 4.82. The van der Waals surface area contributed by atoms with Crippen LogP contribution in [-0.2, 0) is 65.3 Å². The Bertz CT molecular complexity index is 3300. The predicted octanol–water partition coefficient (Wildman–Crippen LogP) is 9.41. The second-order valence-corrected chi connectivity index (χ2v) is 23.1. The molecule has 0 aromatic heterocycles. The number of amides is 6. The van der Waals surface area contributed by atoms with Crippen LogP contribution in [0, 0.1) is 0 Å². The van der Waals surface area contributed by atoms with Crippen LogP contribution in [0.3, 0.4) is 0 Å². The second-order valence-electron chi connectivity index (χ2n) is 22.8. The molecule has 2 aliphatic rings. The molecular weight excluding hydrogens is 1120 g/mol. The fourth-order valence-electron chi connectivity index (χ4n) is 9.10. The SMILES string of the molecule is CC(C)(C)OC(=O)C(=O)Cl.CC(C)(C)OC(=O)C(=O)N[C@@H](Cc1ccccc1)C(=O)NNC(=O)OCC1c2ccccc2-c2ccccc21.CC(C)(C)OC(=O)N[C@@H](Cc1ccccc1)C(=O)NNC(=O)OCC1c2ccccc2-c2ccccc21. The fourth-order valence-corrected chi connectivity index (χ4v) is 9.13. The first kappa shape index (κ1) is 65.6. The van der Waals surface area contributed by atoms with Gasteiger partial charge in [0.1, 0.15) is 42.1 Å². The first-order valence-electron chi connectivity index (χ1n) is 27.5. The van der Waals surface area contributed by atoms with Crippen LogP contribution in [0.2, 0.25) is 0 Å². The van der Waals surface area contributed by atoms with Gasteiger partial charge < -0.3 is 34.3 Å². The highest BCUT2D eigenvalue weighted by Gasteiger charge is 2.33. The molecule has 0 heterocycles. The lowest BCUT2D eigenvalue weighted by Gasteiger charge is -2.23. The molecule has 2 aliphatic carbocycles. The maximum absolute atomic E-state index is 12.9. The Hall–Kier alpha value is -9.56. The molecule has 0 aliphatic heterocycles. The quantitative estimate of drug-likeness (QED) is 0.0207. The molecule has 6 amide bonds. The highest BCUT2D eigenvalue weighted by Crippen LogP contribution is 2.45. The molecule has 0 spiro atoms. The summed E-state index contributed by atoms with van der Waals surface area (Å²) in [7, 11) is 0. The van der Waals surface area contributed by atoms with Crippen LogP contribution in [0.1, 0.15) is 108 Å². The zero-order valence-electron chi connectivity index (χ0n) is 49.2. The Morgan fingerprint density at radius 2 is 0.709 bits per heavy atom. The summed E-state index contributed by atoms with van der Waals surface area (Å²) in [6.07, 6.45) is -2.11. The summed E-state index contributed by atoms with van der Waals surface area (Å²) in [5, 5.41) is 3.88. The van der Waals surface area contributed by atoms with E-state index in [2.05, 4.69) is 49.2 Å². The molecule has 0 bridgehead atoms. The van der Waals surface area contributed by atoms with E-state index >= 15 is 0 Å². The minimum Gasteiger partial charge on any atom is -0.453 e. The summed E-state index contributed by atoms with van der Waals surface area (Å²) in [5.74, 6) is -4.77. The Balaban J connectivity index is 0.000000238. The van der Waals surface area contributed by atoms with Gasteiger partial charge in [0, 0.05) is 24.7 Å². The van der Waals surface area contributed by atoms with Crippen molar-refractivity contribution in [3.05, 3.63) is 191 Å². The van der Waals surface area contributed by atoms with Crippen LogP contribution in [0.25, 0.3) is 22.3 Å². The highest BCUT2D eigenvalue weighted by atomic mass is 35.5. The topological polar surface area (TPSA) is 272 Å². The number of hydrazine groups is 2. The highest BCUT2D eigenvalue weighted by molar-refractivity contribution is 6.80. The molecule has 0 fully saturated rings. The van der Waals surface area contributed by atoms with Crippen LogP contribution in [0.4, 0.5) is 14.4 Å². The molecule has 8 rings (SSSR count). The number of carbonyl (C=O) groups is 9. The first-order chi connectivity index (χ1) is 40.7. The standard InChI is InChI=1S/C30H31N3O6.C29H31N3O5.C6H9ClO3/c1-30(2,3)39-28(36)27(35)31-25(17-19-11-5-4-6-12-19)26(34)32-33-29(37)38-18-24-22-15-9-7-13-20(22)21-14-8-10-16-23(21)24;1-29(2,3)37-27(34)30-25(17-19-11-5-4-6-12-19)26(33)31-32-28(35)36-18-24-22-15-9-7-13-20(22)21-14-8-10-16-23(21)24;1-6(2,3)10-5(9)4(7)8/h4-16,24-25H,17-18H2,1-3H3,(H,31,35)(H,32,34)(H,33,37);4-16,24-25H,17-18H2,1-3H3,(H,30,34)(H,31,33)(H,32,35);1-3H3/t2*25-;/m00./s1. The van der Waals surface area contributed by atoms with E-state index in [1.165, 1.54) is 0 Å². The molecule has 0 unspecified atom stereocenters. The number of hydrogen-bond acceptors (Lipinski definition) is 14. The van der Waals surface area contributed by atoms with E-state index in [9.17, 15) is 43.2 Å². The summed E-state index contributed by atoms with van der Waals surface area (Å²) < 4.78 is 25.9.